The molecule has 0 saturated heterocycles. The van der Waals surface area contributed by atoms with E-state index in [9.17, 15) is 0 Å². The first kappa shape index (κ1) is 25.4. The third-order valence-corrected chi connectivity index (χ3v) is 8.76. The van der Waals surface area contributed by atoms with Gasteiger partial charge in [0.2, 0.25) is 0 Å². The van der Waals surface area contributed by atoms with E-state index >= 15 is 0 Å². The zero-order valence-corrected chi connectivity index (χ0v) is 24.5. The fraction of sp³-hybridized carbons (Fsp3) is 0. The van der Waals surface area contributed by atoms with E-state index in [2.05, 4.69) is 167 Å². The van der Waals surface area contributed by atoms with E-state index in [0.29, 0.717) is 0 Å². The Balaban J connectivity index is 1.19. The number of aromatic nitrogens is 1. The molecule has 212 valence electrons. The summed E-state index contributed by atoms with van der Waals surface area (Å²) in [6.07, 6.45) is 0. The average Bonchev–Trinajstić information content (AvgIpc) is 3.65. The van der Waals surface area contributed by atoms with Gasteiger partial charge in [-0.1, -0.05) is 97.1 Å². The first-order valence-corrected chi connectivity index (χ1v) is 15.3. The highest BCUT2D eigenvalue weighted by atomic mass is 16.3. The van der Waals surface area contributed by atoms with Crippen molar-refractivity contribution in [3.8, 4) is 16.8 Å². The van der Waals surface area contributed by atoms with Crippen LogP contribution in [0.4, 0.5) is 17.1 Å². The molecule has 0 atom stereocenters. The summed E-state index contributed by atoms with van der Waals surface area (Å²) in [6.45, 7) is 0. The molecule has 0 radical (unpaired) electrons. The first-order chi connectivity index (χ1) is 22.3. The molecule has 0 N–H and O–H groups in total. The third kappa shape index (κ3) is 4.21. The number of rotatable bonds is 5. The zero-order valence-electron chi connectivity index (χ0n) is 24.5. The Morgan fingerprint density at radius 2 is 0.956 bits per heavy atom. The van der Waals surface area contributed by atoms with Crippen LogP contribution in [0.25, 0.3) is 60.6 Å². The van der Waals surface area contributed by atoms with Crippen molar-refractivity contribution in [2.45, 2.75) is 0 Å². The SMILES string of the molecule is c1ccc(N(c2cccc(-c3ccc4c(c3)oc3ccccc34)c2)c2cccc(-n3c4ccccc4c4ccccc43)c2)cc1. The van der Waals surface area contributed by atoms with Gasteiger partial charge in [-0.3, -0.25) is 0 Å². The molecular formula is C42H28N2O. The molecule has 0 amide bonds. The predicted molar refractivity (Wildman–Crippen MR) is 188 cm³/mol. The molecule has 9 rings (SSSR count). The van der Waals surface area contributed by atoms with E-state index in [1.807, 2.05) is 12.1 Å². The van der Waals surface area contributed by atoms with E-state index in [4.69, 9.17) is 4.42 Å². The molecule has 0 aliphatic heterocycles. The second kappa shape index (κ2) is 10.3. The Bertz CT molecular complexity index is 2450. The minimum atomic E-state index is 0.901. The molecule has 3 nitrogen and oxygen atoms in total. The molecule has 7 aromatic carbocycles. The Morgan fingerprint density at radius 1 is 0.378 bits per heavy atom. The van der Waals surface area contributed by atoms with Crippen molar-refractivity contribution in [3.05, 3.63) is 170 Å². The van der Waals surface area contributed by atoms with Crippen molar-refractivity contribution in [2.75, 3.05) is 4.90 Å². The maximum absolute atomic E-state index is 6.23. The standard InChI is InChI=1S/C42H28N2O/c1-2-13-31(14-3-1)43(32-15-10-12-29(26-32)30-24-25-38-37-20-6-9-23-41(37)45-42(38)27-30)33-16-11-17-34(28-33)44-39-21-7-4-18-35(39)36-19-5-8-22-40(36)44/h1-28H. The van der Waals surface area contributed by atoms with Gasteiger partial charge in [0.25, 0.3) is 0 Å². The van der Waals surface area contributed by atoms with Gasteiger partial charge in [0, 0.05) is 44.3 Å². The van der Waals surface area contributed by atoms with Crippen LogP contribution in [-0.2, 0) is 0 Å². The lowest BCUT2D eigenvalue weighted by molar-refractivity contribution is 0.669. The van der Waals surface area contributed by atoms with E-state index < -0.39 is 0 Å². The number of anilines is 3. The Hall–Kier alpha value is -6.06. The second-order valence-corrected chi connectivity index (χ2v) is 11.4. The normalized spacial score (nSPS) is 11.6. The van der Waals surface area contributed by atoms with Gasteiger partial charge in [-0.15, -0.1) is 0 Å². The van der Waals surface area contributed by atoms with E-state index in [1.54, 1.807) is 0 Å². The van der Waals surface area contributed by atoms with Gasteiger partial charge in [-0.05, 0) is 83.9 Å². The Morgan fingerprint density at radius 3 is 1.73 bits per heavy atom. The summed E-state index contributed by atoms with van der Waals surface area (Å²) in [4.78, 5) is 2.33. The van der Waals surface area contributed by atoms with Crippen LogP contribution >= 0.6 is 0 Å². The van der Waals surface area contributed by atoms with Crippen LogP contribution in [0.3, 0.4) is 0 Å². The summed E-state index contributed by atoms with van der Waals surface area (Å²) in [6, 6.07) is 60.2. The predicted octanol–water partition coefficient (Wildman–Crippen LogP) is 11.8. The van der Waals surface area contributed by atoms with Crippen LogP contribution in [0.2, 0.25) is 0 Å². The molecule has 0 bridgehead atoms. The summed E-state index contributed by atoms with van der Waals surface area (Å²) in [5, 5.41) is 4.80. The molecule has 0 aliphatic carbocycles. The molecule has 2 aromatic heterocycles. The Labute approximate surface area is 260 Å². The highest BCUT2D eigenvalue weighted by Gasteiger charge is 2.17. The number of furan rings is 1. The highest BCUT2D eigenvalue weighted by Crippen LogP contribution is 2.39. The Kier molecular flexibility index (Phi) is 5.82. The highest BCUT2D eigenvalue weighted by molar-refractivity contribution is 6.09. The minimum absolute atomic E-state index is 0.901. The largest absolute Gasteiger partial charge is 0.456 e. The number of nitrogens with zero attached hydrogens (tertiary/aromatic N) is 2. The fourth-order valence-electron chi connectivity index (χ4n) is 6.73. The number of para-hydroxylation sites is 4. The summed E-state index contributed by atoms with van der Waals surface area (Å²) >= 11 is 0. The van der Waals surface area contributed by atoms with Gasteiger partial charge in [0.1, 0.15) is 11.2 Å². The van der Waals surface area contributed by atoms with Crippen molar-refractivity contribution in [3.63, 3.8) is 0 Å². The zero-order chi connectivity index (χ0) is 29.7. The topological polar surface area (TPSA) is 21.3 Å². The summed E-state index contributed by atoms with van der Waals surface area (Å²) in [5.74, 6) is 0. The molecule has 0 fully saturated rings. The molecule has 45 heavy (non-hydrogen) atoms. The van der Waals surface area contributed by atoms with Gasteiger partial charge in [0.05, 0.1) is 11.0 Å². The second-order valence-electron chi connectivity index (χ2n) is 11.4. The van der Waals surface area contributed by atoms with Crippen LogP contribution in [0.1, 0.15) is 0 Å². The van der Waals surface area contributed by atoms with Crippen LogP contribution < -0.4 is 4.90 Å². The number of fused-ring (bicyclic) bond motifs is 6. The first-order valence-electron chi connectivity index (χ1n) is 15.3. The van der Waals surface area contributed by atoms with Crippen molar-refractivity contribution >= 4 is 60.8 Å². The van der Waals surface area contributed by atoms with Crippen LogP contribution in [0.5, 0.6) is 0 Å². The van der Waals surface area contributed by atoms with Gasteiger partial charge in [0.15, 0.2) is 0 Å². The monoisotopic (exact) mass is 576 g/mol. The molecule has 0 saturated carbocycles. The van der Waals surface area contributed by atoms with Crippen LogP contribution in [0, 0.1) is 0 Å². The lowest BCUT2D eigenvalue weighted by atomic mass is 10.0. The summed E-state index contributed by atoms with van der Waals surface area (Å²) < 4.78 is 8.60. The third-order valence-electron chi connectivity index (χ3n) is 8.76. The van der Waals surface area contributed by atoms with Gasteiger partial charge in [-0.2, -0.15) is 0 Å². The molecule has 3 heteroatoms. The molecule has 0 unspecified atom stereocenters. The number of hydrogen-bond acceptors (Lipinski definition) is 2. The maximum atomic E-state index is 6.23. The van der Waals surface area contributed by atoms with E-state index in [0.717, 1.165) is 55.8 Å². The maximum Gasteiger partial charge on any atom is 0.136 e. The van der Waals surface area contributed by atoms with Gasteiger partial charge in [-0.25, -0.2) is 0 Å². The molecule has 0 aliphatic rings. The fourth-order valence-corrected chi connectivity index (χ4v) is 6.73. The molecular weight excluding hydrogens is 548 g/mol. The molecule has 2 heterocycles. The molecule has 0 spiro atoms. The number of benzene rings is 7. The van der Waals surface area contributed by atoms with E-state index in [1.165, 1.54) is 21.8 Å². The summed E-state index contributed by atoms with van der Waals surface area (Å²) in [5.41, 5.74) is 10.9. The lowest BCUT2D eigenvalue weighted by Gasteiger charge is -2.26. The quantitative estimate of drug-likeness (QED) is 0.203. The molecule has 9 aromatic rings. The smallest absolute Gasteiger partial charge is 0.136 e. The lowest BCUT2D eigenvalue weighted by Crippen LogP contribution is -2.10. The number of hydrogen-bond donors (Lipinski definition) is 0. The average molecular weight is 577 g/mol. The van der Waals surface area contributed by atoms with E-state index in [-0.39, 0.29) is 0 Å². The minimum Gasteiger partial charge on any atom is -0.456 e. The van der Waals surface area contributed by atoms with Crippen molar-refractivity contribution < 1.29 is 4.42 Å². The van der Waals surface area contributed by atoms with Crippen molar-refractivity contribution in [1.82, 2.24) is 4.57 Å². The van der Waals surface area contributed by atoms with Crippen LogP contribution in [0.15, 0.2) is 174 Å². The summed E-state index contributed by atoms with van der Waals surface area (Å²) in [7, 11) is 0. The van der Waals surface area contributed by atoms with Crippen molar-refractivity contribution in [1.29, 1.82) is 0 Å². The van der Waals surface area contributed by atoms with Crippen LogP contribution in [-0.4, -0.2) is 4.57 Å². The van der Waals surface area contributed by atoms with Crippen molar-refractivity contribution in [2.24, 2.45) is 0 Å². The van der Waals surface area contributed by atoms with Gasteiger partial charge < -0.3 is 13.9 Å². The van der Waals surface area contributed by atoms with Gasteiger partial charge >= 0.3 is 0 Å².